The van der Waals surface area contributed by atoms with Crippen LogP contribution in [0.2, 0.25) is 0 Å². The van der Waals surface area contributed by atoms with E-state index >= 15 is 0 Å². The van der Waals surface area contributed by atoms with Crippen molar-refractivity contribution in [2.24, 2.45) is 0 Å². The van der Waals surface area contributed by atoms with Gasteiger partial charge in [-0.15, -0.1) is 11.3 Å². The minimum absolute atomic E-state index is 0.287. The van der Waals surface area contributed by atoms with Gasteiger partial charge in [0.25, 0.3) is 0 Å². The molecule has 0 aliphatic carbocycles. The van der Waals surface area contributed by atoms with Crippen LogP contribution in [0.4, 0.5) is 5.69 Å². The fraction of sp³-hybridized carbons (Fsp3) is 0.308. The molecule has 0 saturated carbocycles. The van der Waals surface area contributed by atoms with Gasteiger partial charge in [-0.3, -0.25) is 0 Å². The van der Waals surface area contributed by atoms with E-state index in [4.69, 9.17) is 5.73 Å². The molecule has 0 aliphatic rings. The van der Waals surface area contributed by atoms with Gasteiger partial charge in [-0.1, -0.05) is 0 Å². The summed E-state index contributed by atoms with van der Waals surface area (Å²) in [7, 11) is -1.95. The second-order valence-corrected chi connectivity index (χ2v) is 7.96. The van der Waals surface area contributed by atoms with Gasteiger partial charge in [-0.25, -0.2) is 13.4 Å². The van der Waals surface area contributed by atoms with Crippen LogP contribution in [0.3, 0.4) is 0 Å². The van der Waals surface area contributed by atoms with E-state index in [1.54, 1.807) is 38.4 Å². The Hall–Kier alpha value is -1.44. The molecule has 0 fully saturated rings. The number of aromatic nitrogens is 1. The highest BCUT2D eigenvalue weighted by molar-refractivity contribution is 7.89. The number of benzene rings is 1. The van der Waals surface area contributed by atoms with E-state index in [0.717, 1.165) is 9.88 Å². The SMILES string of the molecule is Cc1ncc(CN(C)S(=O)(=O)c2ccc(N)cc2C)s1. The molecular weight excluding hydrogens is 294 g/mol. The zero-order valence-corrected chi connectivity index (χ0v) is 13.3. The van der Waals surface area contributed by atoms with Crippen molar-refractivity contribution in [2.75, 3.05) is 12.8 Å². The zero-order valence-electron chi connectivity index (χ0n) is 11.6. The second kappa shape index (κ2) is 5.51. The second-order valence-electron chi connectivity index (χ2n) is 4.63. The van der Waals surface area contributed by atoms with Crippen LogP contribution in [0.1, 0.15) is 15.4 Å². The Kier molecular flexibility index (Phi) is 4.12. The van der Waals surface area contributed by atoms with Gasteiger partial charge in [0.05, 0.1) is 9.90 Å². The number of hydrogen-bond donors (Lipinski definition) is 1. The minimum Gasteiger partial charge on any atom is -0.399 e. The first-order valence-electron chi connectivity index (χ1n) is 6.04. The molecule has 5 nitrogen and oxygen atoms in total. The Morgan fingerprint density at radius 3 is 2.60 bits per heavy atom. The topological polar surface area (TPSA) is 76.3 Å². The molecule has 1 heterocycles. The molecule has 0 amide bonds. The molecule has 0 atom stereocenters. The Morgan fingerprint density at radius 2 is 2.05 bits per heavy atom. The Balaban J connectivity index is 2.29. The van der Waals surface area contributed by atoms with Gasteiger partial charge in [-0.05, 0) is 37.6 Å². The third kappa shape index (κ3) is 3.00. The van der Waals surface area contributed by atoms with Gasteiger partial charge in [0.1, 0.15) is 0 Å². The summed E-state index contributed by atoms with van der Waals surface area (Å²) >= 11 is 1.50. The number of hydrogen-bond acceptors (Lipinski definition) is 5. The fourth-order valence-corrected chi connectivity index (χ4v) is 4.19. The van der Waals surface area contributed by atoms with E-state index in [9.17, 15) is 8.42 Å². The van der Waals surface area contributed by atoms with Crippen LogP contribution in [-0.2, 0) is 16.6 Å². The maximum atomic E-state index is 12.5. The van der Waals surface area contributed by atoms with E-state index in [0.29, 0.717) is 17.8 Å². The van der Waals surface area contributed by atoms with Crippen molar-refractivity contribution in [1.29, 1.82) is 0 Å². The number of aryl methyl sites for hydroxylation is 2. The summed E-state index contributed by atoms with van der Waals surface area (Å²) in [6, 6.07) is 4.82. The van der Waals surface area contributed by atoms with Gasteiger partial charge in [-0.2, -0.15) is 4.31 Å². The lowest BCUT2D eigenvalue weighted by Crippen LogP contribution is -2.26. The maximum absolute atomic E-state index is 12.5. The smallest absolute Gasteiger partial charge is 0.243 e. The molecule has 108 valence electrons. The Bertz CT molecular complexity index is 723. The molecule has 1 aromatic carbocycles. The van der Waals surface area contributed by atoms with Crippen LogP contribution < -0.4 is 5.73 Å². The summed E-state index contributed by atoms with van der Waals surface area (Å²) in [4.78, 5) is 5.34. The van der Waals surface area contributed by atoms with Crippen LogP contribution in [0.15, 0.2) is 29.3 Å². The first-order valence-corrected chi connectivity index (χ1v) is 8.30. The van der Waals surface area contributed by atoms with Crippen molar-refractivity contribution in [3.05, 3.63) is 39.8 Å². The van der Waals surface area contributed by atoms with E-state index in [1.807, 2.05) is 6.92 Å². The quantitative estimate of drug-likeness (QED) is 0.878. The molecule has 0 spiro atoms. The highest BCUT2D eigenvalue weighted by Crippen LogP contribution is 2.23. The monoisotopic (exact) mass is 311 g/mol. The molecule has 0 radical (unpaired) electrons. The molecule has 0 bridgehead atoms. The number of nitrogens with zero attached hydrogens (tertiary/aromatic N) is 2. The summed E-state index contributed by atoms with van der Waals surface area (Å²) in [6.45, 7) is 3.96. The van der Waals surface area contributed by atoms with Crippen molar-refractivity contribution in [1.82, 2.24) is 9.29 Å². The van der Waals surface area contributed by atoms with Crippen molar-refractivity contribution in [3.63, 3.8) is 0 Å². The van der Waals surface area contributed by atoms with Crippen molar-refractivity contribution >= 4 is 27.0 Å². The van der Waals surface area contributed by atoms with Gasteiger partial charge in [0.2, 0.25) is 10.0 Å². The lowest BCUT2D eigenvalue weighted by molar-refractivity contribution is 0.469. The molecule has 2 aromatic rings. The van der Waals surface area contributed by atoms with Crippen molar-refractivity contribution in [2.45, 2.75) is 25.3 Å². The van der Waals surface area contributed by atoms with Gasteiger partial charge in [0, 0.05) is 30.4 Å². The van der Waals surface area contributed by atoms with Crippen LogP contribution in [0, 0.1) is 13.8 Å². The van der Waals surface area contributed by atoms with E-state index in [1.165, 1.54) is 15.6 Å². The number of nitrogens with two attached hydrogens (primary N) is 1. The number of sulfonamides is 1. The average Bonchev–Trinajstić information content (AvgIpc) is 2.74. The van der Waals surface area contributed by atoms with Crippen LogP contribution >= 0.6 is 11.3 Å². The Morgan fingerprint density at radius 1 is 1.35 bits per heavy atom. The van der Waals surface area contributed by atoms with E-state index < -0.39 is 10.0 Å². The van der Waals surface area contributed by atoms with Gasteiger partial charge < -0.3 is 5.73 Å². The maximum Gasteiger partial charge on any atom is 0.243 e. The third-order valence-electron chi connectivity index (χ3n) is 2.93. The van der Waals surface area contributed by atoms with Crippen LogP contribution in [0.25, 0.3) is 0 Å². The zero-order chi connectivity index (χ0) is 14.9. The lowest BCUT2D eigenvalue weighted by Gasteiger charge is -2.17. The van der Waals surface area contributed by atoms with Crippen LogP contribution in [0.5, 0.6) is 0 Å². The van der Waals surface area contributed by atoms with E-state index in [2.05, 4.69) is 4.98 Å². The first-order chi connectivity index (χ1) is 9.30. The minimum atomic E-state index is -3.52. The largest absolute Gasteiger partial charge is 0.399 e. The highest BCUT2D eigenvalue weighted by Gasteiger charge is 2.23. The molecule has 0 unspecified atom stereocenters. The van der Waals surface area contributed by atoms with Crippen molar-refractivity contribution < 1.29 is 8.42 Å². The average molecular weight is 311 g/mol. The van der Waals surface area contributed by atoms with Crippen molar-refractivity contribution in [3.8, 4) is 0 Å². The molecule has 2 rings (SSSR count). The molecule has 20 heavy (non-hydrogen) atoms. The summed E-state index contributed by atoms with van der Waals surface area (Å²) in [5.74, 6) is 0. The standard InChI is InChI=1S/C13H17N3O2S2/c1-9-6-11(14)4-5-13(9)20(17,18)16(3)8-12-7-15-10(2)19-12/h4-7H,8,14H2,1-3H3. The van der Waals surface area contributed by atoms with Gasteiger partial charge >= 0.3 is 0 Å². The normalized spacial score (nSPS) is 12.0. The number of nitrogen functional groups attached to an aromatic ring is 1. The number of anilines is 1. The summed E-state index contributed by atoms with van der Waals surface area (Å²) in [6.07, 6.45) is 1.71. The first kappa shape index (κ1) is 15.0. The molecule has 0 aliphatic heterocycles. The lowest BCUT2D eigenvalue weighted by atomic mass is 10.2. The number of thiazole rings is 1. The van der Waals surface area contributed by atoms with Gasteiger partial charge in [0.15, 0.2) is 0 Å². The predicted octanol–water partition coefficient (Wildman–Crippen LogP) is 2.16. The van der Waals surface area contributed by atoms with E-state index in [-0.39, 0.29) is 4.90 Å². The fourth-order valence-electron chi connectivity index (χ4n) is 1.91. The molecular formula is C13H17N3O2S2. The highest BCUT2D eigenvalue weighted by atomic mass is 32.2. The molecule has 7 heteroatoms. The number of rotatable bonds is 4. The summed E-state index contributed by atoms with van der Waals surface area (Å²) in [5.41, 5.74) is 6.87. The van der Waals surface area contributed by atoms with Crippen LogP contribution in [-0.4, -0.2) is 24.8 Å². The molecule has 2 N–H and O–H groups in total. The molecule has 1 aromatic heterocycles. The summed E-state index contributed by atoms with van der Waals surface area (Å²) < 4.78 is 26.4. The molecule has 0 saturated heterocycles. The Labute approximate surface area is 123 Å². The third-order valence-corrected chi connectivity index (χ3v) is 5.80. The summed E-state index contributed by atoms with van der Waals surface area (Å²) in [5, 5.41) is 0.925. The predicted molar refractivity (Wildman–Crippen MR) is 81.1 cm³/mol.